The van der Waals surface area contributed by atoms with Crippen LogP contribution >= 0.6 is 15.9 Å². The average Bonchev–Trinajstić information content (AvgIpc) is 2.22. The van der Waals surface area contributed by atoms with E-state index in [1.807, 2.05) is 6.92 Å². The van der Waals surface area contributed by atoms with Gasteiger partial charge in [0.05, 0.1) is 5.69 Å². The van der Waals surface area contributed by atoms with Crippen LogP contribution in [-0.2, 0) is 14.8 Å². The largest absolute Gasteiger partial charge is 0.326 e. The fourth-order valence-corrected chi connectivity index (χ4v) is 2.10. The predicted molar refractivity (Wildman–Crippen MR) is 71.8 cm³/mol. The van der Waals surface area contributed by atoms with Crippen molar-refractivity contribution in [1.29, 1.82) is 0 Å². The summed E-state index contributed by atoms with van der Waals surface area (Å²) in [7, 11) is -3.38. The fourth-order valence-electron chi connectivity index (χ4n) is 1.22. The van der Waals surface area contributed by atoms with Gasteiger partial charge in [0, 0.05) is 12.6 Å². The number of alkyl halides is 1. The number of benzene rings is 1. The summed E-state index contributed by atoms with van der Waals surface area (Å²) in [5.74, 6) is -0.200. The van der Waals surface area contributed by atoms with Crippen LogP contribution in [0.25, 0.3) is 0 Å². The van der Waals surface area contributed by atoms with Crippen LogP contribution in [0, 0.1) is 6.92 Å². The zero-order chi connectivity index (χ0) is 13.1. The summed E-state index contributed by atoms with van der Waals surface area (Å²) in [6.07, 6.45) is 0. The van der Waals surface area contributed by atoms with Crippen molar-refractivity contribution < 1.29 is 13.2 Å². The molecule has 0 bridgehead atoms. The van der Waals surface area contributed by atoms with E-state index in [0.29, 0.717) is 11.4 Å². The van der Waals surface area contributed by atoms with Gasteiger partial charge in [0.15, 0.2) is 0 Å². The zero-order valence-electron chi connectivity index (χ0n) is 9.45. The molecule has 1 aromatic carbocycles. The number of halogens is 1. The molecule has 0 aliphatic carbocycles. The number of rotatable bonds is 4. The molecule has 1 rings (SSSR count). The third-order valence-electron chi connectivity index (χ3n) is 1.97. The second kappa shape index (κ2) is 5.50. The molecule has 0 aliphatic rings. The van der Waals surface area contributed by atoms with Crippen LogP contribution in [0.4, 0.5) is 11.4 Å². The lowest BCUT2D eigenvalue weighted by molar-refractivity contribution is -0.114. The summed E-state index contributed by atoms with van der Waals surface area (Å²) in [6.45, 7) is 3.23. The van der Waals surface area contributed by atoms with E-state index < -0.39 is 10.0 Å². The Labute approximate surface area is 109 Å². The molecule has 0 unspecified atom stereocenters. The van der Waals surface area contributed by atoms with Crippen molar-refractivity contribution in [2.24, 2.45) is 0 Å². The Kier molecular flexibility index (Phi) is 4.53. The Bertz CT molecular complexity index is 528. The van der Waals surface area contributed by atoms with Gasteiger partial charge in [-0.05, 0) is 24.6 Å². The molecule has 0 saturated carbocycles. The van der Waals surface area contributed by atoms with E-state index in [0.717, 1.165) is 5.56 Å². The summed E-state index contributed by atoms with van der Waals surface area (Å²) in [4.78, 5) is 11.0. The highest BCUT2D eigenvalue weighted by Gasteiger charge is 2.09. The molecule has 1 aromatic rings. The molecule has 0 saturated heterocycles. The summed E-state index contributed by atoms with van der Waals surface area (Å²) in [6, 6.07) is 4.95. The molecule has 0 atom stereocenters. The highest BCUT2D eigenvalue weighted by molar-refractivity contribution is 9.10. The quantitative estimate of drug-likeness (QED) is 0.834. The lowest BCUT2D eigenvalue weighted by Crippen LogP contribution is -2.14. The second-order valence-corrected chi connectivity index (χ2v) is 6.56. The Morgan fingerprint density at radius 1 is 1.41 bits per heavy atom. The van der Waals surface area contributed by atoms with Crippen LogP contribution in [0.15, 0.2) is 18.2 Å². The van der Waals surface area contributed by atoms with Crippen molar-refractivity contribution in [3.8, 4) is 0 Å². The minimum Gasteiger partial charge on any atom is -0.326 e. The van der Waals surface area contributed by atoms with Gasteiger partial charge in [0.1, 0.15) is 4.66 Å². The van der Waals surface area contributed by atoms with Gasteiger partial charge in [-0.25, -0.2) is 8.42 Å². The molecule has 0 radical (unpaired) electrons. The Morgan fingerprint density at radius 3 is 2.59 bits per heavy atom. The van der Waals surface area contributed by atoms with Crippen molar-refractivity contribution >= 4 is 43.2 Å². The molecule has 2 N–H and O–H groups in total. The van der Waals surface area contributed by atoms with Gasteiger partial charge in [-0.1, -0.05) is 22.0 Å². The van der Waals surface area contributed by atoms with Crippen LogP contribution in [0.1, 0.15) is 12.5 Å². The molecule has 94 valence electrons. The Morgan fingerprint density at radius 2 is 2.06 bits per heavy atom. The van der Waals surface area contributed by atoms with Crippen molar-refractivity contribution in [2.75, 3.05) is 14.7 Å². The van der Waals surface area contributed by atoms with E-state index in [-0.39, 0.29) is 10.6 Å². The summed E-state index contributed by atoms with van der Waals surface area (Å²) < 4.78 is 24.9. The van der Waals surface area contributed by atoms with Crippen molar-refractivity contribution in [3.05, 3.63) is 23.8 Å². The number of carbonyl (C=O) groups excluding carboxylic acids is 1. The van der Waals surface area contributed by atoms with Gasteiger partial charge in [0.25, 0.3) is 0 Å². The van der Waals surface area contributed by atoms with Crippen LogP contribution in [-0.4, -0.2) is 19.0 Å². The predicted octanol–water partition coefficient (Wildman–Crippen LogP) is 2.05. The van der Waals surface area contributed by atoms with E-state index >= 15 is 0 Å². The van der Waals surface area contributed by atoms with Crippen LogP contribution in [0.5, 0.6) is 0 Å². The Hall–Kier alpha value is -1.08. The van der Waals surface area contributed by atoms with E-state index in [2.05, 4.69) is 26.0 Å². The van der Waals surface area contributed by atoms with Crippen molar-refractivity contribution in [3.63, 3.8) is 0 Å². The molecule has 0 heterocycles. The maximum Gasteiger partial charge on any atom is 0.242 e. The number of hydrogen-bond donors (Lipinski definition) is 2. The first kappa shape index (κ1) is 14.0. The first-order valence-corrected chi connectivity index (χ1v) is 7.56. The fraction of sp³-hybridized carbons (Fsp3) is 0.300. The number of amides is 1. The van der Waals surface area contributed by atoms with E-state index in [9.17, 15) is 13.2 Å². The van der Waals surface area contributed by atoms with Gasteiger partial charge >= 0.3 is 0 Å². The minimum atomic E-state index is -3.38. The molecule has 0 aliphatic heterocycles. The monoisotopic (exact) mass is 320 g/mol. The normalized spacial score (nSPS) is 11.0. The van der Waals surface area contributed by atoms with Crippen molar-refractivity contribution in [2.45, 2.75) is 13.8 Å². The third-order valence-corrected chi connectivity index (χ3v) is 4.61. The van der Waals surface area contributed by atoms with Crippen LogP contribution in [0.2, 0.25) is 0 Å². The SMILES string of the molecule is CC(=O)Nc1cc(NS(=O)(=O)CBr)ccc1C. The number of sulfonamides is 1. The first-order valence-electron chi connectivity index (χ1n) is 4.79. The molecule has 0 spiro atoms. The highest BCUT2D eigenvalue weighted by atomic mass is 79.9. The minimum absolute atomic E-state index is 0.177. The Balaban J connectivity index is 3.00. The average molecular weight is 321 g/mol. The summed E-state index contributed by atoms with van der Waals surface area (Å²) in [5, 5.41) is 2.63. The topological polar surface area (TPSA) is 75.3 Å². The number of hydrogen-bond acceptors (Lipinski definition) is 3. The summed E-state index contributed by atoms with van der Waals surface area (Å²) in [5.41, 5.74) is 1.87. The van der Waals surface area contributed by atoms with Gasteiger partial charge in [-0.15, -0.1) is 0 Å². The van der Waals surface area contributed by atoms with Gasteiger partial charge in [-0.3, -0.25) is 9.52 Å². The third kappa shape index (κ3) is 4.35. The number of nitrogens with one attached hydrogen (secondary N) is 2. The molecule has 17 heavy (non-hydrogen) atoms. The van der Waals surface area contributed by atoms with E-state index in [4.69, 9.17) is 0 Å². The zero-order valence-corrected chi connectivity index (χ0v) is 11.9. The molecular weight excluding hydrogens is 308 g/mol. The maximum absolute atomic E-state index is 11.3. The molecular formula is C10H13BrN2O3S. The molecule has 7 heteroatoms. The summed E-state index contributed by atoms with van der Waals surface area (Å²) >= 11 is 2.88. The van der Waals surface area contributed by atoms with Gasteiger partial charge in [-0.2, -0.15) is 0 Å². The highest BCUT2D eigenvalue weighted by Crippen LogP contribution is 2.21. The second-order valence-electron chi connectivity index (χ2n) is 3.54. The lowest BCUT2D eigenvalue weighted by Gasteiger charge is -2.10. The maximum atomic E-state index is 11.3. The van der Waals surface area contributed by atoms with Crippen molar-refractivity contribution in [1.82, 2.24) is 0 Å². The standard InChI is InChI=1S/C10H13BrN2O3S/c1-7-3-4-9(13-17(15,16)6-11)5-10(7)12-8(2)14/h3-5,13H,6H2,1-2H3,(H,12,14). The first-order chi connectivity index (χ1) is 7.84. The molecule has 5 nitrogen and oxygen atoms in total. The van der Waals surface area contributed by atoms with Crippen LogP contribution < -0.4 is 10.0 Å². The molecule has 0 fully saturated rings. The number of anilines is 2. The molecule has 0 aromatic heterocycles. The van der Waals surface area contributed by atoms with E-state index in [1.54, 1.807) is 18.2 Å². The number of carbonyl (C=O) groups is 1. The number of aryl methyl sites for hydroxylation is 1. The molecule has 1 amide bonds. The smallest absolute Gasteiger partial charge is 0.242 e. The lowest BCUT2D eigenvalue weighted by atomic mass is 10.2. The van der Waals surface area contributed by atoms with Gasteiger partial charge < -0.3 is 5.32 Å². The van der Waals surface area contributed by atoms with Gasteiger partial charge in [0.2, 0.25) is 15.9 Å². The van der Waals surface area contributed by atoms with E-state index in [1.165, 1.54) is 6.92 Å². The van der Waals surface area contributed by atoms with Crippen LogP contribution in [0.3, 0.4) is 0 Å².